The zero-order valence-electron chi connectivity index (χ0n) is 8.61. The molecule has 1 aromatic rings. The summed E-state index contributed by atoms with van der Waals surface area (Å²) >= 11 is 0. The largest absolute Gasteiger partial charge is 0.409 e. The Labute approximate surface area is 92.2 Å². The Balaban J connectivity index is 2.33. The maximum Gasteiger partial charge on any atom is 0.192 e. The molecule has 0 aromatic carbocycles. The molecule has 86 valence electrons. The number of aromatic nitrogens is 2. The number of aliphatic hydroxyl groups is 1. The van der Waals surface area contributed by atoms with Crippen molar-refractivity contribution in [2.75, 3.05) is 18.0 Å². The molecule has 0 spiro atoms. The van der Waals surface area contributed by atoms with Gasteiger partial charge in [0.2, 0.25) is 0 Å². The highest BCUT2D eigenvalue weighted by Crippen LogP contribution is 2.20. The Morgan fingerprint density at radius 3 is 2.88 bits per heavy atom. The van der Waals surface area contributed by atoms with E-state index >= 15 is 0 Å². The molecule has 0 radical (unpaired) electrons. The van der Waals surface area contributed by atoms with Gasteiger partial charge in [0.1, 0.15) is 0 Å². The van der Waals surface area contributed by atoms with Gasteiger partial charge in [-0.05, 0) is 6.42 Å². The molecule has 0 amide bonds. The molecule has 7 heteroatoms. The molecule has 1 unspecified atom stereocenters. The van der Waals surface area contributed by atoms with Gasteiger partial charge in [-0.3, -0.25) is 0 Å². The third-order valence-electron chi connectivity index (χ3n) is 2.49. The van der Waals surface area contributed by atoms with E-state index < -0.39 is 0 Å². The monoisotopic (exact) mass is 223 g/mol. The van der Waals surface area contributed by atoms with Crippen molar-refractivity contribution in [1.29, 1.82) is 0 Å². The molecule has 7 nitrogen and oxygen atoms in total. The molecule has 1 fully saturated rings. The third-order valence-corrected chi connectivity index (χ3v) is 2.49. The zero-order chi connectivity index (χ0) is 11.5. The molecule has 2 heterocycles. The molecule has 4 N–H and O–H groups in total. The Bertz CT molecular complexity index is 409. The van der Waals surface area contributed by atoms with E-state index in [-0.39, 0.29) is 11.9 Å². The van der Waals surface area contributed by atoms with E-state index in [0.29, 0.717) is 31.0 Å². The van der Waals surface area contributed by atoms with Gasteiger partial charge in [-0.1, -0.05) is 5.16 Å². The van der Waals surface area contributed by atoms with E-state index in [2.05, 4.69) is 15.1 Å². The van der Waals surface area contributed by atoms with E-state index in [9.17, 15) is 5.11 Å². The van der Waals surface area contributed by atoms with Crippen molar-refractivity contribution < 1.29 is 10.3 Å². The second kappa shape index (κ2) is 4.31. The van der Waals surface area contributed by atoms with E-state index in [1.807, 2.05) is 4.90 Å². The molecular weight excluding hydrogens is 210 g/mol. The summed E-state index contributed by atoms with van der Waals surface area (Å²) in [4.78, 5) is 10.0. The SMILES string of the molecule is NC(=NO)c1nccnc1N1CCC(O)C1. The molecule has 2 rings (SSSR count). The Morgan fingerprint density at radius 2 is 2.25 bits per heavy atom. The molecule has 0 aliphatic carbocycles. The molecular formula is C9H13N5O2. The van der Waals surface area contributed by atoms with Crippen LogP contribution >= 0.6 is 0 Å². The summed E-state index contributed by atoms with van der Waals surface area (Å²) in [6.07, 6.45) is 3.34. The fourth-order valence-electron chi connectivity index (χ4n) is 1.72. The molecule has 16 heavy (non-hydrogen) atoms. The lowest BCUT2D eigenvalue weighted by molar-refractivity contribution is 0.198. The summed E-state index contributed by atoms with van der Waals surface area (Å²) < 4.78 is 0. The quantitative estimate of drug-likeness (QED) is 0.261. The van der Waals surface area contributed by atoms with E-state index in [1.54, 1.807) is 0 Å². The summed E-state index contributed by atoms with van der Waals surface area (Å²) in [7, 11) is 0. The number of hydrogen-bond acceptors (Lipinski definition) is 6. The van der Waals surface area contributed by atoms with Crippen molar-refractivity contribution in [3.05, 3.63) is 18.1 Å². The molecule has 0 saturated carbocycles. The number of hydrogen-bond donors (Lipinski definition) is 3. The zero-order valence-corrected chi connectivity index (χ0v) is 8.61. The van der Waals surface area contributed by atoms with Crippen LogP contribution in [0.4, 0.5) is 5.82 Å². The first kappa shape index (κ1) is 10.6. The van der Waals surface area contributed by atoms with Crippen LogP contribution in [0.2, 0.25) is 0 Å². The van der Waals surface area contributed by atoms with Crippen molar-refractivity contribution in [3.63, 3.8) is 0 Å². The van der Waals surface area contributed by atoms with Gasteiger partial charge in [0.05, 0.1) is 6.10 Å². The van der Waals surface area contributed by atoms with Crippen LogP contribution in [0, 0.1) is 0 Å². The van der Waals surface area contributed by atoms with Crippen LogP contribution in [0.1, 0.15) is 12.1 Å². The first-order valence-electron chi connectivity index (χ1n) is 4.94. The van der Waals surface area contributed by atoms with Gasteiger partial charge in [-0.25, -0.2) is 9.97 Å². The molecule has 1 aromatic heterocycles. The van der Waals surface area contributed by atoms with Crippen molar-refractivity contribution in [2.45, 2.75) is 12.5 Å². The van der Waals surface area contributed by atoms with Gasteiger partial charge in [0.15, 0.2) is 17.3 Å². The molecule has 1 atom stereocenters. The fraction of sp³-hybridized carbons (Fsp3) is 0.444. The van der Waals surface area contributed by atoms with Gasteiger partial charge < -0.3 is 20.9 Å². The lowest BCUT2D eigenvalue weighted by Gasteiger charge is -2.18. The molecule has 0 bridgehead atoms. The number of β-amino-alcohol motifs (C(OH)–C–C–N with tert-alkyl or cyclic N) is 1. The predicted molar refractivity (Wildman–Crippen MR) is 57.4 cm³/mol. The number of anilines is 1. The Kier molecular flexibility index (Phi) is 2.86. The average Bonchev–Trinajstić information content (AvgIpc) is 2.75. The highest BCUT2D eigenvalue weighted by molar-refractivity contribution is 5.99. The van der Waals surface area contributed by atoms with Gasteiger partial charge >= 0.3 is 0 Å². The van der Waals surface area contributed by atoms with Gasteiger partial charge in [-0.2, -0.15) is 0 Å². The standard InChI is InChI=1S/C9H13N5O2/c10-8(13-16)7-9(12-3-2-11-7)14-4-1-6(15)5-14/h2-3,6,15-16H,1,4-5H2,(H2,10,13). The summed E-state index contributed by atoms with van der Waals surface area (Å²) in [5.74, 6) is 0.457. The van der Waals surface area contributed by atoms with Crippen molar-refractivity contribution in [1.82, 2.24) is 9.97 Å². The second-order valence-electron chi connectivity index (χ2n) is 3.60. The number of nitrogens with two attached hydrogens (primary N) is 1. The van der Waals surface area contributed by atoms with Gasteiger partial charge in [0.25, 0.3) is 0 Å². The average molecular weight is 223 g/mol. The normalized spacial score (nSPS) is 21.4. The van der Waals surface area contributed by atoms with Gasteiger partial charge in [0, 0.05) is 25.5 Å². The number of rotatable bonds is 2. The van der Waals surface area contributed by atoms with E-state index in [0.717, 1.165) is 0 Å². The number of oxime groups is 1. The van der Waals surface area contributed by atoms with Gasteiger partial charge in [-0.15, -0.1) is 0 Å². The third kappa shape index (κ3) is 1.89. The first-order valence-corrected chi connectivity index (χ1v) is 4.94. The second-order valence-corrected chi connectivity index (χ2v) is 3.60. The minimum Gasteiger partial charge on any atom is -0.409 e. The number of nitrogens with zero attached hydrogens (tertiary/aromatic N) is 4. The minimum absolute atomic E-state index is 0.0792. The fourth-order valence-corrected chi connectivity index (χ4v) is 1.72. The predicted octanol–water partition coefficient (Wildman–Crippen LogP) is -0.858. The summed E-state index contributed by atoms with van der Waals surface area (Å²) in [5.41, 5.74) is 5.84. The lowest BCUT2D eigenvalue weighted by Crippen LogP contribution is -2.27. The van der Waals surface area contributed by atoms with Crippen molar-refractivity contribution in [3.8, 4) is 0 Å². The van der Waals surface area contributed by atoms with Crippen LogP contribution < -0.4 is 10.6 Å². The summed E-state index contributed by atoms with van der Waals surface area (Å²) in [6, 6.07) is 0. The number of amidine groups is 1. The van der Waals surface area contributed by atoms with Crippen LogP contribution in [-0.4, -0.2) is 45.3 Å². The smallest absolute Gasteiger partial charge is 0.192 e. The Hall–Kier alpha value is -1.89. The molecule has 1 aliphatic heterocycles. The minimum atomic E-state index is -0.359. The van der Waals surface area contributed by atoms with Crippen LogP contribution in [0.3, 0.4) is 0 Å². The van der Waals surface area contributed by atoms with E-state index in [4.69, 9.17) is 10.9 Å². The number of aliphatic hydroxyl groups excluding tert-OH is 1. The van der Waals surface area contributed by atoms with Crippen molar-refractivity contribution in [2.24, 2.45) is 10.9 Å². The van der Waals surface area contributed by atoms with E-state index in [1.165, 1.54) is 12.4 Å². The maximum atomic E-state index is 9.45. The first-order chi connectivity index (χ1) is 7.72. The lowest BCUT2D eigenvalue weighted by atomic mass is 10.3. The topological polar surface area (TPSA) is 108 Å². The maximum absolute atomic E-state index is 9.45. The Morgan fingerprint density at radius 1 is 1.50 bits per heavy atom. The van der Waals surface area contributed by atoms with Crippen LogP contribution in [0.15, 0.2) is 17.5 Å². The highest BCUT2D eigenvalue weighted by atomic mass is 16.4. The summed E-state index contributed by atoms with van der Waals surface area (Å²) in [5, 5.41) is 21.0. The van der Waals surface area contributed by atoms with Crippen molar-refractivity contribution >= 4 is 11.7 Å². The summed E-state index contributed by atoms with van der Waals surface area (Å²) in [6.45, 7) is 1.18. The molecule has 1 saturated heterocycles. The van der Waals surface area contributed by atoms with Crippen LogP contribution in [-0.2, 0) is 0 Å². The highest BCUT2D eigenvalue weighted by Gasteiger charge is 2.24. The van der Waals surface area contributed by atoms with Crippen LogP contribution in [0.25, 0.3) is 0 Å². The molecule has 1 aliphatic rings. The van der Waals surface area contributed by atoms with Crippen LogP contribution in [0.5, 0.6) is 0 Å².